The molecule has 0 N–H and O–H groups in total. The van der Waals surface area contributed by atoms with Crippen molar-refractivity contribution in [2.75, 3.05) is 32.9 Å². The highest BCUT2D eigenvalue weighted by Gasteiger charge is 2.46. The van der Waals surface area contributed by atoms with Gasteiger partial charge in [0.2, 0.25) is 0 Å². The molecule has 3 fully saturated rings. The van der Waals surface area contributed by atoms with Crippen molar-refractivity contribution in [2.45, 2.75) is 44.8 Å². The molecule has 1 aromatic heterocycles. The van der Waals surface area contributed by atoms with Gasteiger partial charge in [0.1, 0.15) is 5.76 Å². The predicted octanol–water partition coefficient (Wildman–Crippen LogP) is 3.08. The molecule has 122 valence electrons. The maximum absolute atomic E-state index is 6.11. The Balaban J connectivity index is 1.40. The molecular weight excluding hydrogens is 278 g/mol. The zero-order chi connectivity index (χ0) is 14.8. The van der Waals surface area contributed by atoms with E-state index in [0.29, 0.717) is 6.10 Å². The van der Waals surface area contributed by atoms with Gasteiger partial charge < -0.3 is 13.9 Å². The summed E-state index contributed by atoms with van der Waals surface area (Å²) in [6.45, 7) is 5.81. The molecule has 0 aromatic carbocycles. The van der Waals surface area contributed by atoms with Gasteiger partial charge >= 0.3 is 0 Å². The maximum Gasteiger partial charge on any atom is 0.117 e. The summed E-state index contributed by atoms with van der Waals surface area (Å²) in [6, 6.07) is 4.04. The smallest absolute Gasteiger partial charge is 0.117 e. The van der Waals surface area contributed by atoms with Gasteiger partial charge in [-0.1, -0.05) is 0 Å². The molecule has 2 aliphatic heterocycles. The van der Waals surface area contributed by atoms with Crippen LogP contribution in [0, 0.1) is 11.3 Å². The lowest BCUT2D eigenvalue weighted by Gasteiger charge is -2.50. The molecule has 3 aliphatic rings. The highest BCUT2D eigenvalue weighted by atomic mass is 16.5. The zero-order valence-corrected chi connectivity index (χ0v) is 13.3. The zero-order valence-electron chi connectivity index (χ0n) is 13.3. The van der Waals surface area contributed by atoms with Gasteiger partial charge in [0.25, 0.3) is 0 Å². The Morgan fingerprint density at radius 1 is 1.32 bits per heavy atom. The Morgan fingerprint density at radius 2 is 2.27 bits per heavy atom. The first kappa shape index (κ1) is 14.7. The quantitative estimate of drug-likeness (QED) is 0.809. The lowest BCUT2D eigenvalue weighted by molar-refractivity contribution is -0.155. The fraction of sp³-hybridized carbons (Fsp3) is 0.778. The Hall–Kier alpha value is -0.840. The van der Waals surface area contributed by atoms with E-state index < -0.39 is 0 Å². The molecule has 0 radical (unpaired) electrons. The van der Waals surface area contributed by atoms with Crippen molar-refractivity contribution in [1.82, 2.24) is 4.90 Å². The molecule has 1 saturated carbocycles. The average molecular weight is 305 g/mol. The first-order chi connectivity index (χ1) is 10.8. The van der Waals surface area contributed by atoms with Crippen LogP contribution in [0.4, 0.5) is 0 Å². The fourth-order valence-electron chi connectivity index (χ4n) is 4.06. The van der Waals surface area contributed by atoms with Crippen molar-refractivity contribution >= 4 is 0 Å². The Kier molecular flexibility index (Phi) is 4.25. The third kappa shape index (κ3) is 3.24. The largest absolute Gasteiger partial charge is 0.468 e. The first-order valence-electron chi connectivity index (χ1n) is 8.78. The van der Waals surface area contributed by atoms with Crippen molar-refractivity contribution < 1.29 is 13.9 Å². The van der Waals surface area contributed by atoms with Crippen LogP contribution in [-0.4, -0.2) is 43.9 Å². The van der Waals surface area contributed by atoms with E-state index in [2.05, 4.69) is 11.0 Å². The molecule has 4 nitrogen and oxygen atoms in total. The molecule has 2 atom stereocenters. The van der Waals surface area contributed by atoms with Crippen molar-refractivity contribution in [1.29, 1.82) is 0 Å². The molecule has 4 rings (SSSR count). The second-order valence-electron chi connectivity index (χ2n) is 7.36. The van der Waals surface area contributed by atoms with Gasteiger partial charge in [0, 0.05) is 31.7 Å². The molecule has 0 amide bonds. The minimum atomic E-state index is 0.192. The van der Waals surface area contributed by atoms with Gasteiger partial charge in [-0.05, 0) is 50.2 Å². The monoisotopic (exact) mass is 305 g/mol. The Morgan fingerprint density at radius 3 is 3.09 bits per heavy atom. The number of likely N-dealkylation sites (tertiary alicyclic amines) is 1. The number of ether oxygens (including phenoxy) is 2. The van der Waals surface area contributed by atoms with E-state index in [-0.39, 0.29) is 5.41 Å². The van der Waals surface area contributed by atoms with Crippen molar-refractivity contribution in [3.63, 3.8) is 0 Å². The summed E-state index contributed by atoms with van der Waals surface area (Å²) in [6.07, 6.45) is 8.38. The fourth-order valence-corrected chi connectivity index (χ4v) is 4.06. The summed E-state index contributed by atoms with van der Waals surface area (Å²) in [5, 5.41) is 0. The topological polar surface area (TPSA) is 34.8 Å². The number of rotatable bonds is 6. The van der Waals surface area contributed by atoms with Crippen LogP contribution >= 0.6 is 0 Å². The lowest BCUT2D eigenvalue weighted by Crippen LogP contribution is -2.56. The Bertz CT molecular complexity index is 471. The molecule has 22 heavy (non-hydrogen) atoms. The summed E-state index contributed by atoms with van der Waals surface area (Å²) < 4.78 is 17.7. The third-order valence-corrected chi connectivity index (χ3v) is 5.47. The second-order valence-corrected chi connectivity index (χ2v) is 7.36. The van der Waals surface area contributed by atoms with E-state index in [1.807, 2.05) is 6.07 Å². The van der Waals surface area contributed by atoms with Crippen molar-refractivity contribution in [2.24, 2.45) is 11.3 Å². The highest BCUT2D eigenvalue weighted by molar-refractivity contribution is 5.01. The van der Waals surface area contributed by atoms with Gasteiger partial charge in [-0.3, -0.25) is 4.90 Å². The van der Waals surface area contributed by atoms with Gasteiger partial charge in [-0.25, -0.2) is 0 Å². The second kappa shape index (κ2) is 6.34. The summed E-state index contributed by atoms with van der Waals surface area (Å²) in [5.74, 6) is 1.89. The number of hydrogen-bond acceptors (Lipinski definition) is 4. The molecule has 4 heteroatoms. The van der Waals surface area contributed by atoms with Gasteiger partial charge in [-0.2, -0.15) is 0 Å². The Labute approximate surface area is 132 Å². The third-order valence-electron chi connectivity index (χ3n) is 5.47. The van der Waals surface area contributed by atoms with Crippen molar-refractivity contribution in [3.8, 4) is 0 Å². The molecule has 1 aliphatic carbocycles. The highest BCUT2D eigenvalue weighted by Crippen LogP contribution is 2.41. The number of nitrogens with zero attached hydrogens (tertiary/aromatic N) is 1. The molecular formula is C18H27NO3. The normalized spacial score (nSPS) is 32.8. The number of fused-ring (bicyclic) bond motifs is 1. The average Bonchev–Trinajstić information content (AvgIpc) is 3.22. The minimum absolute atomic E-state index is 0.192. The molecule has 2 unspecified atom stereocenters. The summed E-state index contributed by atoms with van der Waals surface area (Å²) in [7, 11) is 0. The maximum atomic E-state index is 6.11. The van der Waals surface area contributed by atoms with Crippen LogP contribution in [-0.2, 0) is 16.0 Å². The van der Waals surface area contributed by atoms with E-state index in [1.165, 1.54) is 19.3 Å². The van der Waals surface area contributed by atoms with Crippen LogP contribution in [0.15, 0.2) is 22.8 Å². The summed E-state index contributed by atoms with van der Waals surface area (Å²) in [4.78, 5) is 2.52. The van der Waals surface area contributed by atoms with Gasteiger partial charge in [0.05, 0.1) is 25.5 Å². The van der Waals surface area contributed by atoms with E-state index in [0.717, 1.165) is 64.0 Å². The van der Waals surface area contributed by atoms with Crippen LogP contribution in [0.3, 0.4) is 0 Å². The first-order valence-corrected chi connectivity index (χ1v) is 8.78. The molecule has 0 bridgehead atoms. The predicted molar refractivity (Wildman–Crippen MR) is 83.6 cm³/mol. The number of hydrogen-bond donors (Lipinski definition) is 0. The van der Waals surface area contributed by atoms with E-state index >= 15 is 0 Å². The van der Waals surface area contributed by atoms with Gasteiger partial charge in [-0.15, -0.1) is 0 Å². The van der Waals surface area contributed by atoms with Crippen LogP contribution in [0.1, 0.15) is 37.9 Å². The van der Waals surface area contributed by atoms with E-state index in [9.17, 15) is 0 Å². The van der Waals surface area contributed by atoms with Crippen LogP contribution in [0.25, 0.3) is 0 Å². The molecule has 3 heterocycles. The number of piperidine rings is 1. The number of furan rings is 1. The van der Waals surface area contributed by atoms with Crippen LogP contribution < -0.4 is 0 Å². The molecule has 2 saturated heterocycles. The minimum Gasteiger partial charge on any atom is -0.468 e. The standard InChI is InChI=1S/C18H27NO3/c1-3-16(21-9-1)11-19-8-6-17-18(13-19,7-2-10-22-17)14-20-12-15-4-5-15/h1,3,9,15,17H,2,4-8,10-14H2. The SMILES string of the molecule is c1coc(CN2CCC3OCCCC3(COCC3CC3)C2)c1. The summed E-state index contributed by atoms with van der Waals surface area (Å²) in [5.41, 5.74) is 0.192. The van der Waals surface area contributed by atoms with Crippen LogP contribution in [0.5, 0.6) is 0 Å². The van der Waals surface area contributed by atoms with E-state index in [4.69, 9.17) is 13.9 Å². The molecule has 1 aromatic rings. The lowest BCUT2D eigenvalue weighted by atomic mass is 9.73. The summed E-state index contributed by atoms with van der Waals surface area (Å²) >= 11 is 0. The van der Waals surface area contributed by atoms with E-state index in [1.54, 1.807) is 6.26 Å². The van der Waals surface area contributed by atoms with Crippen LogP contribution in [0.2, 0.25) is 0 Å². The van der Waals surface area contributed by atoms with Gasteiger partial charge in [0.15, 0.2) is 0 Å². The van der Waals surface area contributed by atoms with Crippen molar-refractivity contribution in [3.05, 3.63) is 24.2 Å². The molecule has 0 spiro atoms.